The number of aryl methyl sites for hydroxylation is 2. The minimum atomic E-state index is -3.73. The highest BCUT2D eigenvalue weighted by Gasteiger charge is 2.27. The Morgan fingerprint density at radius 2 is 1.76 bits per heavy atom. The second-order valence-electron chi connectivity index (χ2n) is 9.61. The smallest absolute Gasteiger partial charge is 0.266 e. The molecule has 1 saturated heterocycles. The van der Waals surface area contributed by atoms with Crippen molar-refractivity contribution in [3.63, 3.8) is 0 Å². The lowest BCUT2D eigenvalue weighted by molar-refractivity contribution is -0.113. The van der Waals surface area contributed by atoms with Gasteiger partial charge in [-0.15, -0.1) is 0 Å². The number of anilines is 1. The van der Waals surface area contributed by atoms with Crippen LogP contribution in [0.5, 0.6) is 5.75 Å². The Kier molecular flexibility index (Phi) is 8.45. The number of aromatic nitrogens is 2. The molecule has 1 aliphatic heterocycles. The Hall–Kier alpha value is -3.71. The van der Waals surface area contributed by atoms with Crippen LogP contribution < -0.4 is 15.6 Å². The van der Waals surface area contributed by atoms with E-state index in [0.29, 0.717) is 40.6 Å². The molecule has 0 spiro atoms. The third-order valence-electron chi connectivity index (χ3n) is 6.60. The normalized spacial score (nSPS) is 14.2. The molecular formula is C29H30N4O6S2. The van der Waals surface area contributed by atoms with Crippen LogP contribution in [0, 0.1) is 13.8 Å². The first-order valence-electron chi connectivity index (χ1n) is 13.0. The molecule has 0 saturated carbocycles. The van der Waals surface area contributed by atoms with E-state index < -0.39 is 10.0 Å². The second kappa shape index (κ2) is 12.0. The molecule has 1 aromatic heterocycles. The van der Waals surface area contributed by atoms with Crippen LogP contribution >= 0.6 is 11.8 Å². The fraction of sp³-hybridized carbons (Fsp3) is 0.276. The molecule has 1 amide bonds. The molecule has 0 unspecified atom stereocenters. The summed E-state index contributed by atoms with van der Waals surface area (Å²) in [6, 6.07) is 17.3. The van der Waals surface area contributed by atoms with Crippen LogP contribution in [0.4, 0.5) is 5.69 Å². The Balaban J connectivity index is 1.39. The predicted molar refractivity (Wildman–Crippen MR) is 159 cm³/mol. The van der Waals surface area contributed by atoms with Crippen molar-refractivity contribution in [3.8, 4) is 11.4 Å². The van der Waals surface area contributed by atoms with Gasteiger partial charge in [-0.2, -0.15) is 4.31 Å². The van der Waals surface area contributed by atoms with Gasteiger partial charge < -0.3 is 14.8 Å². The number of rotatable bonds is 8. The third kappa shape index (κ3) is 6.15. The van der Waals surface area contributed by atoms with Gasteiger partial charge in [-0.05, 0) is 61.4 Å². The number of hydrogen-bond donors (Lipinski definition) is 1. The van der Waals surface area contributed by atoms with Crippen LogP contribution in [0.15, 0.2) is 75.5 Å². The number of carbonyl (C=O) groups excluding carboxylic acids is 1. The topological polar surface area (TPSA) is 120 Å². The fourth-order valence-corrected chi connectivity index (χ4v) is 6.94. The van der Waals surface area contributed by atoms with Gasteiger partial charge >= 0.3 is 0 Å². The van der Waals surface area contributed by atoms with E-state index >= 15 is 0 Å². The van der Waals surface area contributed by atoms with E-state index in [1.165, 1.54) is 34.2 Å². The lowest BCUT2D eigenvalue weighted by Crippen LogP contribution is -2.40. The molecule has 2 heterocycles. The molecule has 5 rings (SSSR count). The standard InChI is InChI=1S/C29H30N4O6S2/c1-19-14-20(2)16-21(15-19)33-28(35)23-6-4-5-7-24(23)31-29(33)40-18-27(34)30-25-9-8-22(17-26(25)38-3)41(36,37)32-10-12-39-13-11-32/h4-9,14-17H,10-13,18H2,1-3H3,(H,30,34). The van der Waals surface area contributed by atoms with E-state index in [1.54, 1.807) is 18.2 Å². The molecule has 3 aromatic carbocycles. The Labute approximate surface area is 242 Å². The van der Waals surface area contributed by atoms with Crippen molar-refractivity contribution in [2.24, 2.45) is 0 Å². The maximum absolute atomic E-state index is 13.6. The molecule has 0 bridgehead atoms. The first kappa shape index (κ1) is 28.8. The summed E-state index contributed by atoms with van der Waals surface area (Å²) in [5.74, 6) is -0.202. The molecule has 4 aromatic rings. The highest BCUT2D eigenvalue weighted by Crippen LogP contribution is 2.30. The number of benzene rings is 3. The van der Waals surface area contributed by atoms with Gasteiger partial charge in [0.2, 0.25) is 15.9 Å². The Bertz CT molecular complexity index is 1760. The van der Waals surface area contributed by atoms with Gasteiger partial charge in [-0.3, -0.25) is 14.2 Å². The summed E-state index contributed by atoms with van der Waals surface area (Å²) in [6.45, 7) is 5.14. The number of amides is 1. The van der Waals surface area contributed by atoms with Gasteiger partial charge in [-0.25, -0.2) is 13.4 Å². The predicted octanol–water partition coefficient (Wildman–Crippen LogP) is 3.76. The average Bonchev–Trinajstić information content (AvgIpc) is 2.96. The lowest BCUT2D eigenvalue weighted by Gasteiger charge is -2.26. The average molecular weight is 595 g/mol. The monoisotopic (exact) mass is 594 g/mol. The van der Waals surface area contributed by atoms with Crippen molar-refractivity contribution < 1.29 is 22.7 Å². The zero-order valence-corrected chi connectivity index (χ0v) is 24.5. The van der Waals surface area contributed by atoms with Gasteiger partial charge in [0.15, 0.2) is 5.16 Å². The quantitative estimate of drug-likeness (QED) is 0.242. The summed E-state index contributed by atoms with van der Waals surface area (Å²) in [5.41, 5.74) is 3.33. The first-order chi connectivity index (χ1) is 19.7. The van der Waals surface area contributed by atoms with Gasteiger partial charge in [0.25, 0.3) is 5.56 Å². The van der Waals surface area contributed by atoms with Crippen molar-refractivity contribution in [1.29, 1.82) is 0 Å². The highest BCUT2D eigenvalue weighted by molar-refractivity contribution is 7.99. The maximum atomic E-state index is 13.6. The fourth-order valence-electron chi connectivity index (χ4n) is 4.70. The number of sulfonamides is 1. The van der Waals surface area contributed by atoms with Crippen LogP contribution in [-0.4, -0.2) is 67.3 Å². The summed E-state index contributed by atoms with van der Waals surface area (Å²) in [4.78, 5) is 31.4. The number of morpholine rings is 1. The molecule has 0 atom stereocenters. The molecule has 1 fully saturated rings. The van der Waals surface area contributed by atoms with E-state index in [0.717, 1.165) is 22.9 Å². The van der Waals surface area contributed by atoms with Gasteiger partial charge in [0.1, 0.15) is 5.75 Å². The Morgan fingerprint density at radius 3 is 2.46 bits per heavy atom. The molecule has 0 radical (unpaired) electrons. The summed E-state index contributed by atoms with van der Waals surface area (Å²) in [6.07, 6.45) is 0. The van der Waals surface area contributed by atoms with Crippen LogP contribution in [0.1, 0.15) is 11.1 Å². The summed E-state index contributed by atoms with van der Waals surface area (Å²) in [5, 5.41) is 3.66. The molecule has 1 N–H and O–H groups in total. The zero-order chi connectivity index (χ0) is 29.1. The van der Waals surface area contributed by atoms with Crippen LogP contribution in [0.2, 0.25) is 0 Å². The van der Waals surface area contributed by atoms with E-state index in [-0.39, 0.29) is 41.0 Å². The number of thioether (sulfide) groups is 1. The van der Waals surface area contributed by atoms with E-state index in [9.17, 15) is 18.0 Å². The van der Waals surface area contributed by atoms with Crippen molar-refractivity contribution >= 4 is 44.3 Å². The SMILES string of the molecule is COc1cc(S(=O)(=O)N2CCOCC2)ccc1NC(=O)CSc1nc2ccccc2c(=O)n1-c1cc(C)cc(C)c1. The summed E-state index contributed by atoms with van der Waals surface area (Å²) >= 11 is 1.13. The van der Waals surface area contributed by atoms with Crippen LogP contribution in [-0.2, 0) is 19.6 Å². The van der Waals surface area contributed by atoms with Crippen molar-refractivity contribution in [2.45, 2.75) is 23.9 Å². The van der Waals surface area contributed by atoms with Crippen molar-refractivity contribution in [3.05, 3.63) is 82.1 Å². The number of nitrogens with one attached hydrogen (secondary N) is 1. The number of hydrogen-bond acceptors (Lipinski definition) is 8. The number of nitrogens with zero attached hydrogens (tertiary/aromatic N) is 3. The molecule has 1 aliphatic rings. The number of fused-ring (bicyclic) bond motifs is 1. The van der Waals surface area contributed by atoms with Crippen molar-refractivity contribution in [1.82, 2.24) is 13.9 Å². The van der Waals surface area contributed by atoms with Gasteiger partial charge in [0, 0.05) is 19.2 Å². The summed E-state index contributed by atoms with van der Waals surface area (Å²) in [7, 11) is -2.32. The van der Waals surface area contributed by atoms with E-state index in [1.807, 2.05) is 38.1 Å². The maximum Gasteiger partial charge on any atom is 0.266 e. The number of ether oxygens (including phenoxy) is 2. The minimum Gasteiger partial charge on any atom is -0.495 e. The van der Waals surface area contributed by atoms with Gasteiger partial charge in [-0.1, -0.05) is 30.0 Å². The van der Waals surface area contributed by atoms with Crippen LogP contribution in [0.3, 0.4) is 0 Å². The Morgan fingerprint density at radius 1 is 1.05 bits per heavy atom. The first-order valence-corrected chi connectivity index (χ1v) is 15.4. The molecular weight excluding hydrogens is 564 g/mol. The molecule has 0 aliphatic carbocycles. The van der Waals surface area contributed by atoms with Crippen molar-refractivity contribution in [2.75, 3.05) is 44.5 Å². The number of methoxy groups -OCH3 is 1. The third-order valence-corrected chi connectivity index (χ3v) is 9.43. The highest BCUT2D eigenvalue weighted by atomic mass is 32.2. The molecule has 10 nitrogen and oxygen atoms in total. The van der Waals surface area contributed by atoms with E-state index in [4.69, 9.17) is 14.5 Å². The molecule has 214 valence electrons. The lowest BCUT2D eigenvalue weighted by atomic mass is 10.1. The molecule has 12 heteroatoms. The van der Waals surface area contributed by atoms with Gasteiger partial charge in [0.05, 0.1) is 53.2 Å². The number of para-hydroxylation sites is 1. The zero-order valence-electron chi connectivity index (χ0n) is 22.9. The second-order valence-corrected chi connectivity index (χ2v) is 12.5. The molecule has 41 heavy (non-hydrogen) atoms. The number of carbonyl (C=O) groups is 1. The summed E-state index contributed by atoms with van der Waals surface area (Å²) < 4.78 is 39.7. The van der Waals surface area contributed by atoms with E-state index in [2.05, 4.69) is 5.32 Å². The minimum absolute atomic E-state index is 0.0490. The van der Waals surface area contributed by atoms with Crippen LogP contribution in [0.25, 0.3) is 16.6 Å². The largest absolute Gasteiger partial charge is 0.495 e.